The number of rotatable bonds is 3. The van der Waals surface area contributed by atoms with Gasteiger partial charge in [0.05, 0.1) is 11.2 Å². The van der Waals surface area contributed by atoms with E-state index in [1.807, 2.05) is 0 Å². The number of benzene rings is 4. The minimum atomic E-state index is -0.419. The zero-order valence-electron chi connectivity index (χ0n) is 18.6. The van der Waals surface area contributed by atoms with Crippen molar-refractivity contribution in [1.82, 2.24) is 0 Å². The molecule has 1 aliphatic rings. The molecule has 1 fully saturated rings. The molecule has 0 spiro atoms. The summed E-state index contributed by atoms with van der Waals surface area (Å²) in [5, 5.41) is 4.89. The molecule has 4 aromatic carbocycles. The van der Waals surface area contributed by atoms with Gasteiger partial charge in [0.1, 0.15) is 0 Å². The fourth-order valence-corrected chi connectivity index (χ4v) is 4.34. The van der Waals surface area contributed by atoms with Crippen molar-refractivity contribution in [3.05, 3.63) is 102 Å². The van der Waals surface area contributed by atoms with Crippen molar-refractivity contribution < 1.29 is 9.31 Å². The molecule has 0 bridgehead atoms. The quantitative estimate of drug-likeness (QED) is 0.339. The molecule has 4 aromatic rings. The summed E-state index contributed by atoms with van der Waals surface area (Å²) in [5.74, 6) is 2.15. The van der Waals surface area contributed by atoms with E-state index in [0.717, 1.165) is 5.57 Å². The molecule has 1 saturated heterocycles. The smallest absolute Gasteiger partial charge is 0.400 e. The van der Waals surface area contributed by atoms with E-state index in [0.29, 0.717) is 0 Å². The standard InChI is InChI=1S/C28H27BO2/c1-27(2)28(3,4)31-29(30-27)19-26(24-17-9-13-20-11-5-7-15-22(20)24)25-18-10-14-21-12-6-8-16-23(21)25/h5-19H,1-4H3. The second-order valence-corrected chi connectivity index (χ2v) is 9.26. The van der Waals surface area contributed by atoms with Crippen molar-refractivity contribution in [2.75, 3.05) is 0 Å². The van der Waals surface area contributed by atoms with Gasteiger partial charge < -0.3 is 9.31 Å². The third-order valence-corrected chi connectivity index (χ3v) is 6.73. The lowest BCUT2D eigenvalue weighted by atomic mass is 9.80. The topological polar surface area (TPSA) is 18.5 Å². The van der Waals surface area contributed by atoms with Crippen LogP contribution in [0, 0.1) is 0 Å². The second kappa shape index (κ2) is 7.37. The van der Waals surface area contributed by atoms with E-state index in [9.17, 15) is 0 Å². The molecule has 1 aliphatic heterocycles. The molecule has 0 aromatic heterocycles. The molecule has 0 unspecified atom stereocenters. The minimum absolute atomic E-state index is 0.378. The molecule has 0 amide bonds. The molecule has 5 rings (SSSR count). The van der Waals surface area contributed by atoms with Crippen LogP contribution in [0.15, 0.2) is 90.9 Å². The molecule has 154 valence electrons. The molecule has 0 atom stereocenters. The molecular weight excluding hydrogens is 379 g/mol. The zero-order valence-corrected chi connectivity index (χ0v) is 18.6. The van der Waals surface area contributed by atoms with Crippen molar-refractivity contribution >= 4 is 34.2 Å². The van der Waals surface area contributed by atoms with Gasteiger partial charge in [0.15, 0.2) is 0 Å². The van der Waals surface area contributed by atoms with Crippen molar-refractivity contribution in [3.63, 3.8) is 0 Å². The maximum atomic E-state index is 6.36. The molecule has 1 heterocycles. The summed E-state index contributed by atoms with van der Waals surface area (Å²) in [6.07, 6.45) is 0. The lowest BCUT2D eigenvalue weighted by Gasteiger charge is -2.32. The fourth-order valence-electron chi connectivity index (χ4n) is 4.34. The minimum Gasteiger partial charge on any atom is -0.400 e. The van der Waals surface area contributed by atoms with Gasteiger partial charge in [-0.1, -0.05) is 84.9 Å². The number of hydrogen-bond donors (Lipinski definition) is 0. The van der Waals surface area contributed by atoms with Crippen molar-refractivity contribution in [2.24, 2.45) is 0 Å². The molecule has 0 saturated carbocycles. The molecule has 2 nitrogen and oxygen atoms in total. The van der Waals surface area contributed by atoms with E-state index in [1.165, 1.54) is 32.7 Å². The van der Waals surface area contributed by atoms with Gasteiger partial charge in [-0.15, -0.1) is 0 Å². The van der Waals surface area contributed by atoms with E-state index < -0.39 is 7.12 Å². The Morgan fingerprint density at radius 2 is 1.03 bits per heavy atom. The Balaban J connectivity index is 1.76. The SMILES string of the molecule is CC1(C)OB(C=C(c2cccc3ccccc23)c2cccc3ccccc23)OC1(C)C. The van der Waals surface area contributed by atoms with Crippen LogP contribution in [0.25, 0.3) is 27.1 Å². The molecule has 0 N–H and O–H groups in total. The van der Waals surface area contributed by atoms with Crippen molar-refractivity contribution in [3.8, 4) is 0 Å². The lowest BCUT2D eigenvalue weighted by Crippen LogP contribution is -2.41. The Labute approximate surface area is 184 Å². The van der Waals surface area contributed by atoms with Crippen LogP contribution in [0.2, 0.25) is 0 Å². The highest BCUT2D eigenvalue weighted by atomic mass is 16.7. The Bertz CT molecular complexity index is 1190. The summed E-state index contributed by atoms with van der Waals surface area (Å²) >= 11 is 0. The monoisotopic (exact) mass is 406 g/mol. The number of fused-ring (bicyclic) bond motifs is 2. The largest absolute Gasteiger partial charge is 0.487 e. The lowest BCUT2D eigenvalue weighted by molar-refractivity contribution is 0.00578. The van der Waals surface area contributed by atoms with E-state index in [-0.39, 0.29) is 11.2 Å². The van der Waals surface area contributed by atoms with Gasteiger partial charge in [-0.2, -0.15) is 0 Å². The zero-order chi connectivity index (χ0) is 21.6. The summed E-state index contributed by atoms with van der Waals surface area (Å²) in [7, 11) is -0.419. The van der Waals surface area contributed by atoms with Crippen LogP contribution < -0.4 is 0 Å². The highest BCUT2D eigenvalue weighted by Gasteiger charge is 2.50. The molecule has 0 radical (unpaired) electrons. The van der Waals surface area contributed by atoms with Crippen molar-refractivity contribution in [1.29, 1.82) is 0 Å². The van der Waals surface area contributed by atoms with Crippen LogP contribution in [0.3, 0.4) is 0 Å². The Hall–Kier alpha value is -2.88. The first-order valence-corrected chi connectivity index (χ1v) is 10.9. The van der Waals surface area contributed by atoms with Gasteiger partial charge in [-0.25, -0.2) is 0 Å². The van der Waals surface area contributed by atoms with Crippen LogP contribution in [0.4, 0.5) is 0 Å². The highest BCUT2D eigenvalue weighted by Crippen LogP contribution is 2.40. The summed E-state index contributed by atoms with van der Waals surface area (Å²) in [6.45, 7) is 8.37. The predicted octanol–water partition coefficient (Wildman–Crippen LogP) is 7.06. The van der Waals surface area contributed by atoms with Crippen LogP contribution in [-0.2, 0) is 9.31 Å². The van der Waals surface area contributed by atoms with E-state index >= 15 is 0 Å². The van der Waals surface area contributed by atoms with Crippen molar-refractivity contribution in [2.45, 2.75) is 38.9 Å². The van der Waals surface area contributed by atoms with E-state index in [1.54, 1.807) is 0 Å². The maximum absolute atomic E-state index is 6.36. The van der Waals surface area contributed by atoms with Crippen LogP contribution in [-0.4, -0.2) is 18.3 Å². The normalized spacial score (nSPS) is 17.2. The molecule has 3 heteroatoms. The second-order valence-electron chi connectivity index (χ2n) is 9.26. The average Bonchev–Trinajstić information content (AvgIpc) is 2.97. The predicted molar refractivity (Wildman–Crippen MR) is 131 cm³/mol. The first-order chi connectivity index (χ1) is 14.9. The van der Waals surface area contributed by atoms with Crippen LogP contribution >= 0.6 is 0 Å². The summed E-state index contributed by atoms with van der Waals surface area (Å²) in [4.78, 5) is 0. The van der Waals surface area contributed by atoms with Gasteiger partial charge >= 0.3 is 7.12 Å². The fraction of sp³-hybridized carbons (Fsp3) is 0.214. The summed E-state index contributed by atoms with van der Waals surface area (Å²) in [5.41, 5.74) is 2.74. The van der Waals surface area contributed by atoms with Gasteiger partial charge in [0, 0.05) is 0 Å². The Morgan fingerprint density at radius 1 is 0.613 bits per heavy atom. The maximum Gasteiger partial charge on any atom is 0.487 e. The number of hydrogen-bond acceptors (Lipinski definition) is 2. The van der Waals surface area contributed by atoms with Gasteiger partial charge in [0.2, 0.25) is 0 Å². The van der Waals surface area contributed by atoms with E-state index in [2.05, 4.69) is 119 Å². The Kier molecular flexibility index (Phi) is 4.77. The summed E-state index contributed by atoms with van der Waals surface area (Å²) in [6, 6.07) is 30.0. The van der Waals surface area contributed by atoms with Gasteiger partial charge in [-0.3, -0.25) is 0 Å². The summed E-state index contributed by atoms with van der Waals surface area (Å²) < 4.78 is 12.7. The third-order valence-electron chi connectivity index (χ3n) is 6.73. The first kappa shape index (κ1) is 20.1. The molecular formula is C28H27BO2. The molecule has 31 heavy (non-hydrogen) atoms. The third kappa shape index (κ3) is 3.48. The molecule has 0 aliphatic carbocycles. The van der Waals surface area contributed by atoms with Crippen LogP contribution in [0.1, 0.15) is 38.8 Å². The van der Waals surface area contributed by atoms with E-state index in [4.69, 9.17) is 9.31 Å². The van der Waals surface area contributed by atoms with Gasteiger partial charge in [0.25, 0.3) is 0 Å². The Morgan fingerprint density at radius 3 is 1.52 bits per heavy atom. The average molecular weight is 406 g/mol. The highest BCUT2D eigenvalue weighted by molar-refractivity contribution is 6.53. The van der Waals surface area contributed by atoms with Gasteiger partial charge in [-0.05, 0) is 71.9 Å². The van der Waals surface area contributed by atoms with Crippen LogP contribution in [0.5, 0.6) is 0 Å². The first-order valence-electron chi connectivity index (χ1n) is 10.9.